The lowest BCUT2D eigenvalue weighted by atomic mass is 9.99. The van der Waals surface area contributed by atoms with E-state index < -0.39 is 10.8 Å². The number of ketones is 1. The van der Waals surface area contributed by atoms with Crippen molar-refractivity contribution in [2.24, 2.45) is 0 Å². The van der Waals surface area contributed by atoms with Gasteiger partial charge in [-0.3, -0.25) is 14.9 Å². The minimum absolute atomic E-state index is 0.0239. The molecule has 0 heterocycles. The highest BCUT2D eigenvalue weighted by molar-refractivity contribution is 5.97. The molecule has 2 rings (SSSR count). The van der Waals surface area contributed by atoms with Crippen LogP contribution in [0.2, 0.25) is 0 Å². The second-order valence-electron chi connectivity index (χ2n) is 7.39. The van der Waals surface area contributed by atoms with Crippen molar-refractivity contribution in [1.29, 1.82) is 5.26 Å². The third-order valence-electron chi connectivity index (χ3n) is 4.97. The summed E-state index contributed by atoms with van der Waals surface area (Å²) in [6.45, 7) is 0. The summed E-state index contributed by atoms with van der Waals surface area (Å²) in [6.07, 6.45) is 9.67. The molecular formula is C25H26N2O4. The Labute approximate surface area is 182 Å². The zero-order valence-electron chi connectivity index (χ0n) is 17.5. The van der Waals surface area contributed by atoms with E-state index >= 15 is 0 Å². The van der Waals surface area contributed by atoms with E-state index in [1.165, 1.54) is 11.6 Å². The average Bonchev–Trinajstić information content (AvgIpc) is 2.78. The van der Waals surface area contributed by atoms with E-state index in [1.54, 1.807) is 24.3 Å². The molecule has 0 spiro atoms. The van der Waals surface area contributed by atoms with Crippen LogP contribution in [0.4, 0.5) is 0 Å². The third-order valence-corrected chi connectivity index (χ3v) is 4.97. The predicted octanol–water partition coefficient (Wildman–Crippen LogP) is 5.34. The van der Waals surface area contributed by atoms with Crippen LogP contribution in [0, 0.1) is 21.4 Å². The summed E-state index contributed by atoms with van der Waals surface area (Å²) in [7, 11) is 0. The molecule has 160 valence electrons. The summed E-state index contributed by atoms with van der Waals surface area (Å²) in [5, 5.41) is 18.8. The van der Waals surface area contributed by atoms with Crippen LogP contribution < -0.4 is 0 Å². The molecule has 0 aliphatic heterocycles. The quantitative estimate of drug-likeness (QED) is 0.152. The van der Waals surface area contributed by atoms with Crippen LogP contribution in [0.3, 0.4) is 0 Å². The fourth-order valence-corrected chi connectivity index (χ4v) is 3.18. The first-order valence-corrected chi connectivity index (χ1v) is 10.4. The number of benzene rings is 2. The maximum atomic E-state index is 12.5. The summed E-state index contributed by atoms with van der Waals surface area (Å²) in [6, 6.07) is 16.9. The van der Waals surface area contributed by atoms with Gasteiger partial charge in [-0.1, -0.05) is 67.8 Å². The van der Waals surface area contributed by atoms with Gasteiger partial charge in [0, 0.05) is 18.4 Å². The molecule has 6 nitrogen and oxygen atoms in total. The van der Waals surface area contributed by atoms with E-state index in [0.717, 1.165) is 50.2 Å². The van der Waals surface area contributed by atoms with Gasteiger partial charge in [-0.05, 0) is 42.0 Å². The molecule has 0 aliphatic rings. The molecule has 2 aromatic rings. The summed E-state index contributed by atoms with van der Waals surface area (Å²) in [5.74, 6) is -1.14. The van der Waals surface area contributed by atoms with Crippen molar-refractivity contribution < 1.29 is 14.5 Å². The van der Waals surface area contributed by atoms with Gasteiger partial charge in [-0.15, -0.1) is 0 Å². The first kappa shape index (κ1) is 23.7. The van der Waals surface area contributed by atoms with Gasteiger partial charge in [0.25, 0.3) is 0 Å². The highest BCUT2D eigenvalue weighted by Gasteiger charge is 2.09. The van der Waals surface area contributed by atoms with Crippen LogP contribution in [-0.4, -0.2) is 16.6 Å². The Morgan fingerprint density at radius 1 is 0.903 bits per heavy atom. The number of Topliss-reactive ketones (excluding diaryl/α,β-unsaturated/α-hetero) is 1. The largest absolute Gasteiger partial charge is 0.469 e. The molecule has 31 heavy (non-hydrogen) atoms. The molecule has 0 unspecified atom stereocenters. The lowest BCUT2D eigenvalue weighted by Gasteiger charge is -2.05. The molecular weight excluding hydrogens is 392 g/mol. The fraction of sp³-hybridized carbons (Fsp3) is 0.320. The number of hydrogen-bond donors (Lipinski definition) is 0. The number of unbranched alkanes of at least 4 members (excludes halogenated alkanes) is 5. The molecule has 0 saturated heterocycles. The van der Waals surface area contributed by atoms with E-state index in [0.29, 0.717) is 17.5 Å². The van der Waals surface area contributed by atoms with Crippen LogP contribution in [0.25, 0.3) is 6.08 Å². The minimum Gasteiger partial charge on any atom is -0.294 e. The number of aryl methyl sites for hydroxylation is 1. The number of hydrogen-bond acceptors (Lipinski definition) is 5. The van der Waals surface area contributed by atoms with E-state index in [2.05, 4.69) is 6.07 Å². The highest BCUT2D eigenvalue weighted by atomic mass is 16.6. The molecule has 0 fully saturated rings. The Hall–Kier alpha value is -3.59. The molecule has 1 amide bonds. The molecule has 0 saturated carbocycles. The van der Waals surface area contributed by atoms with Crippen LogP contribution in [-0.2, 0) is 17.6 Å². The van der Waals surface area contributed by atoms with Crippen LogP contribution in [0.5, 0.6) is 0 Å². The average molecular weight is 418 g/mol. The predicted molar refractivity (Wildman–Crippen MR) is 119 cm³/mol. The molecule has 0 bridgehead atoms. The van der Waals surface area contributed by atoms with E-state index in [4.69, 9.17) is 5.26 Å². The van der Waals surface area contributed by atoms with Gasteiger partial charge in [0.2, 0.25) is 0 Å². The zero-order chi connectivity index (χ0) is 22.5. The molecule has 0 aliphatic carbocycles. The van der Waals surface area contributed by atoms with Gasteiger partial charge >= 0.3 is 5.91 Å². The monoisotopic (exact) mass is 418 g/mol. The Kier molecular flexibility index (Phi) is 9.83. The smallest absolute Gasteiger partial charge is 0.294 e. The van der Waals surface area contributed by atoms with Gasteiger partial charge in [0.05, 0.1) is 12.1 Å². The molecule has 0 aromatic heterocycles. The van der Waals surface area contributed by atoms with Crippen LogP contribution in [0.15, 0.2) is 54.6 Å². The van der Waals surface area contributed by atoms with Crippen molar-refractivity contribution in [1.82, 2.24) is 0 Å². The number of nitriles is 1. The second kappa shape index (κ2) is 12.9. The Morgan fingerprint density at radius 2 is 1.52 bits per heavy atom. The summed E-state index contributed by atoms with van der Waals surface area (Å²) in [5.41, 5.74) is 3.37. The SMILES string of the molecule is N#CCCCCCCCc1ccc(C(=O)Cc2ccc(/C=C/C(=O)[N+](=O)[O-])cc2)cc1. The second-order valence-corrected chi connectivity index (χ2v) is 7.39. The Balaban J connectivity index is 1.79. The number of carbonyl (C=O) groups excluding carboxylic acids is 2. The molecule has 0 radical (unpaired) electrons. The third kappa shape index (κ3) is 8.75. The van der Waals surface area contributed by atoms with Crippen molar-refractivity contribution in [3.05, 3.63) is 87.0 Å². The lowest BCUT2D eigenvalue weighted by Crippen LogP contribution is -2.06. The topological polar surface area (TPSA) is 101 Å². The van der Waals surface area contributed by atoms with Crippen molar-refractivity contribution >= 4 is 17.8 Å². The summed E-state index contributed by atoms with van der Waals surface area (Å²) < 4.78 is 0. The number of nitro groups is 1. The van der Waals surface area contributed by atoms with Crippen LogP contribution >= 0.6 is 0 Å². The fourth-order valence-electron chi connectivity index (χ4n) is 3.18. The zero-order valence-corrected chi connectivity index (χ0v) is 17.5. The molecule has 0 atom stereocenters. The van der Waals surface area contributed by atoms with Crippen molar-refractivity contribution in [3.8, 4) is 6.07 Å². The summed E-state index contributed by atoms with van der Waals surface area (Å²) in [4.78, 5) is 32.9. The maximum Gasteiger partial charge on any atom is 0.469 e. The maximum absolute atomic E-state index is 12.5. The van der Waals surface area contributed by atoms with Crippen molar-refractivity contribution in [3.63, 3.8) is 0 Å². The first-order chi connectivity index (χ1) is 15.0. The van der Waals surface area contributed by atoms with Crippen molar-refractivity contribution in [2.45, 2.75) is 51.4 Å². The number of rotatable bonds is 12. The highest BCUT2D eigenvalue weighted by Crippen LogP contribution is 2.14. The van der Waals surface area contributed by atoms with Gasteiger partial charge in [0.1, 0.15) is 4.92 Å². The normalized spacial score (nSPS) is 10.7. The van der Waals surface area contributed by atoms with Crippen molar-refractivity contribution in [2.75, 3.05) is 0 Å². The minimum atomic E-state index is -1.17. The molecule has 0 N–H and O–H groups in total. The number of nitrogens with zero attached hydrogens (tertiary/aromatic N) is 2. The van der Waals surface area contributed by atoms with E-state index in [-0.39, 0.29) is 12.2 Å². The van der Waals surface area contributed by atoms with Gasteiger partial charge < -0.3 is 0 Å². The van der Waals surface area contributed by atoms with E-state index in [9.17, 15) is 19.7 Å². The number of amides is 1. The molecule has 2 aromatic carbocycles. The standard InChI is InChI=1S/C25H26N2O4/c26-18-6-4-2-1-3-5-7-20-12-15-23(16-13-20)24(28)19-22-10-8-21(9-11-22)14-17-25(29)27(30)31/h8-17H,1-7,19H2/b17-14+. The van der Waals surface area contributed by atoms with Gasteiger partial charge in [0.15, 0.2) is 5.78 Å². The Bertz CT molecular complexity index is 955. The number of carbonyl (C=O) groups is 2. The Morgan fingerprint density at radius 3 is 2.16 bits per heavy atom. The first-order valence-electron chi connectivity index (χ1n) is 10.4. The van der Waals surface area contributed by atoms with Gasteiger partial charge in [-0.25, -0.2) is 4.79 Å². The summed E-state index contributed by atoms with van der Waals surface area (Å²) >= 11 is 0. The van der Waals surface area contributed by atoms with Crippen LogP contribution in [0.1, 0.15) is 65.6 Å². The van der Waals surface area contributed by atoms with Gasteiger partial charge in [-0.2, -0.15) is 5.26 Å². The van der Waals surface area contributed by atoms with E-state index in [1.807, 2.05) is 24.3 Å². The lowest BCUT2D eigenvalue weighted by molar-refractivity contribution is -0.395. The molecule has 6 heteroatoms.